The summed E-state index contributed by atoms with van der Waals surface area (Å²) in [6.07, 6.45) is 3.07. The van der Waals surface area contributed by atoms with Crippen LogP contribution in [-0.4, -0.2) is 27.3 Å². The van der Waals surface area contributed by atoms with Gasteiger partial charge in [-0.15, -0.1) is 0 Å². The molecule has 0 radical (unpaired) electrons. The first-order valence-electron chi connectivity index (χ1n) is 7.67. The molecule has 1 aromatic heterocycles. The van der Waals surface area contributed by atoms with E-state index in [4.69, 9.17) is 4.74 Å². The number of aromatic nitrogens is 3. The summed E-state index contributed by atoms with van der Waals surface area (Å²) in [6.45, 7) is 4.44. The van der Waals surface area contributed by atoms with Crippen molar-refractivity contribution in [3.05, 3.63) is 66.2 Å². The van der Waals surface area contributed by atoms with Crippen molar-refractivity contribution >= 4 is 11.6 Å². The molecule has 1 amide bonds. The summed E-state index contributed by atoms with van der Waals surface area (Å²) in [5, 5.41) is 6.95. The molecule has 2 aromatic carbocycles. The lowest BCUT2D eigenvalue weighted by molar-refractivity contribution is 0.102. The fraction of sp³-hybridized carbons (Fsp3) is 0.167. The summed E-state index contributed by atoms with van der Waals surface area (Å²) in [5.41, 5.74) is 3.14. The van der Waals surface area contributed by atoms with Crippen molar-refractivity contribution < 1.29 is 9.53 Å². The Kier molecular flexibility index (Phi) is 4.56. The monoisotopic (exact) mass is 322 g/mol. The third kappa shape index (κ3) is 3.43. The maximum Gasteiger partial charge on any atom is 0.255 e. The molecule has 0 spiro atoms. The number of anilines is 1. The zero-order valence-corrected chi connectivity index (χ0v) is 13.6. The highest BCUT2D eigenvalue weighted by Crippen LogP contribution is 2.26. The highest BCUT2D eigenvalue weighted by molar-refractivity contribution is 6.05. The summed E-state index contributed by atoms with van der Waals surface area (Å²) >= 11 is 0. The molecule has 0 aliphatic carbocycles. The van der Waals surface area contributed by atoms with Crippen LogP contribution in [0.1, 0.15) is 22.8 Å². The Hall–Kier alpha value is -3.15. The van der Waals surface area contributed by atoms with Gasteiger partial charge < -0.3 is 10.1 Å². The van der Waals surface area contributed by atoms with Gasteiger partial charge in [0.05, 0.1) is 18.0 Å². The number of carbonyl (C=O) groups is 1. The lowest BCUT2D eigenvalue weighted by Gasteiger charge is -2.12. The second kappa shape index (κ2) is 6.95. The van der Waals surface area contributed by atoms with Crippen molar-refractivity contribution in [1.29, 1.82) is 0 Å². The molecule has 0 atom stereocenters. The number of amides is 1. The molecule has 0 saturated carbocycles. The molecule has 3 rings (SSSR count). The minimum absolute atomic E-state index is 0.190. The predicted molar refractivity (Wildman–Crippen MR) is 91.7 cm³/mol. The van der Waals surface area contributed by atoms with E-state index in [1.807, 2.05) is 44.2 Å². The molecule has 6 nitrogen and oxygen atoms in total. The number of nitrogens with one attached hydrogen (secondary N) is 1. The zero-order valence-electron chi connectivity index (χ0n) is 13.6. The van der Waals surface area contributed by atoms with Gasteiger partial charge in [0.15, 0.2) is 0 Å². The topological polar surface area (TPSA) is 69.0 Å². The number of ether oxygens (including phenoxy) is 1. The van der Waals surface area contributed by atoms with Crippen molar-refractivity contribution in [2.24, 2.45) is 0 Å². The van der Waals surface area contributed by atoms with Crippen LogP contribution in [0.15, 0.2) is 55.1 Å². The SMILES string of the molecule is CCOc1cc(C)ccc1NC(=O)c1ccc(-n2cncn2)cc1. The van der Waals surface area contributed by atoms with E-state index in [1.54, 1.807) is 23.1 Å². The summed E-state index contributed by atoms with van der Waals surface area (Å²) < 4.78 is 7.22. The van der Waals surface area contributed by atoms with E-state index in [9.17, 15) is 4.79 Å². The molecular formula is C18H18N4O2. The average Bonchev–Trinajstić information content (AvgIpc) is 3.12. The molecule has 0 fully saturated rings. The van der Waals surface area contributed by atoms with Crippen LogP contribution in [0.25, 0.3) is 5.69 Å². The summed E-state index contributed by atoms with van der Waals surface area (Å²) in [5.74, 6) is 0.482. The maximum absolute atomic E-state index is 12.5. The molecule has 6 heteroatoms. The van der Waals surface area contributed by atoms with E-state index >= 15 is 0 Å². The normalized spacial score (nSPS) is 10.4. The number of hydrogen-bond acceptors (Lipinski definition) is 4. The van der Waals surface area contributed by atoms with Gasteiger partial charge >= 0.3 is 0 Å². The molecule has 1 heterocycles. The molecule has 1 N–H and O–H groups in total. The van der Waals surface area contributed by atoms with E-state index in [0.29, 0.717) is 23.6 Å². The van der Waals surface area contributed by atoms with Crippen LogP contribution in [-0.2, 0) is 0 Å². The number of aryl methyl sites for hydroxylation is 1. The van der Waals surface area contributed by atoms with Crippen molar-refractivity contribution in [3.63, 3.8) is 0 Å². The Balaban J connectivity index is 1.78. The van der Waals surface area contributed by atoms with Gasteiger partial charge in [-0.05, 0) is 55.8 Å². The van der Waals surface area contributed by atoms with E-state index in [-0.39, 0.29) is 5.91 Å². The van der Waals surface area contributed by atoms with Gasteiger partial charge in [-0.1, -0.05) is 6.07 Å². The molecule has 0 aliphatic heterocycles. The number of nitrogens with zero attached hydrogens (tertiary/aromatic N) is 3. The van der Waals surface area contributed by atoms with E-state index < -0.39 is 0 Å². The molecule has 24 heavy (non-hydrogen) atoms. The lowest BCUT2D eigenvalue weighted by Crippen LogP contribution is -2.13. The van der Waals surface area contributed by atoms with E-state index in [0.717, 1.165) is 11.3 Å². The lowest BCUT2D eigenvalue weighted by atomic mass is 10.1. The Labute approximate surface area is 140 Å². The van der Waals surface area contributed by atoms with Crippen molar-refractivity contribution in [2.75, 3.05) is 11.9 Å². The van der Waals surface area contributed by atoms with Gasteiger partial charge in [-0.25, -0.2) is 9.67 Å². The predicted octanol–water partition coefficient (Wildman–Crippen LogP) is 3.23. The van der Waals surface area contributed by atoms with Crippen LogP contribution in [0.2, 0.25) is 0 Å². The smallest absolute Gasteiger partial charge is 0.255 e. The fourth-order valence-electron chi connectivity index (χ4n) is 2.31. The van der Waals surface area contributed by atoms with Crippen LogP contribution >= 0.6 is 0 Å². The molecule has 3 aromatic rings. The Bertz CT molecular complexity index is 827. The van der Waals surface area contributed by atoms with Crippen LogP contribution in [0.3, 0.4) is 0 Å². The molecule has 122 valence electrons. The highest BCUT2D eigenvalue weighted by Gasteiger charge is 2.10. The van der Waals surface area contributed by atoms with Crippen LogP contribution in [0.5, 0.6) is 5.75 Å². The number of carbonyl (C=O) groups excluding carboxylic acids is 1. The quantitative estimate of drug-likeness (QED) is 0.783. The van der Waals surface area contributed by atoms with Crippen molar-refractivity contribution in [1.82, 2.24) is 14.8 Å². The van der Waals surface area contributed by atoms with E-state index in [2.05, 4.69) is 15.4 Å². The van der Waals surface area contributed by atoms with Crippen LogP contribution in [0.4, 0.5) is 5.69 Å². The minimum atomic E-state index is -0.190. The first kappa shape index (κ1) is 15.7. The first-order chi connectivity index (χ1) is 11.7. The molecule has 0 saturated heterocycles. The van der Waals surface area contributed by atoms with Gasteiger partial charge in [0, 0.05) is 5.56 Å². The maximum atomic E-state index is 12.5. The van der Waals surface area contributed by atoms with Gasteiger partial charge in [-0.2, -0.15) is 5.10 Å². The van der Waals surface area contributed by atoms with Gasteiger partial charge in [-0.3, -0.25) is 4.79 Å². The Morgan fingerprint density at radius 2 is 2.00 bits per heavy atom. The third-order valence-electron chi connectivity index (χ3n) is 3.50. The second-order valence-electron chi connectivity index (χ2n) is 5.27. The van der Waals surface area contributed by atoms with Gasteiger partial charge in [0.1, 0.15) is 18.4 Å². The largest absolute Gasteiger partial charge is 0.492 e. The molecule has 0 unspecified atom stereocenters. The van der Waals surface area contributed by atoms with Crippen LogP contribution in [0, 0.1) is 6.92 Å². The summed E-state index contributed by atoms with van der Waals surface area (Å²) in [7, 11) is 0. The van der Waals surface area contributed by atoms with Crippen molar-refractivity contribution in [2.45, 2.75) is 13.8 Å². The minimum Gasteiger partial charge on any atom is -0.492 e. The Morgan fingerprint density at radius 1 is 1.21 bits per heavy atom. The summed E-state index contributed by atoms with van der Waals surface area (Å²) in [4.78, 5) is 16.4. The number of rotatable bonds is 5. The number of hydrogen-bond donors (Lipinski definition) is 1. The fourth-order valence-corrected chi connectivity index (χ4v) is 2.31. The first-order valence-corrected chi connectivity index (χ1v) is 7.67. The zero-order chi connectivity index (χ0) is 16.9. The molecule has 0 aliphatic rings. The molecular weight excluding hydrogens is 304 g/mol. The van der Waals surface area contributed by atoms with Crippen molar-refractivity contribution in [3.8, 4) is 11.4 Å². The van der Waals surface area contributed by atoms with Gasteiger partial charge in [0.25, 0.3) is 5.91 Å². The average molecular weight is 322 g/mol. The molecule has 0 bridgehead atoms. The Morgan fingerprint density at radius 3 is 2.67 bits per heavy atom. The van der Waals surface area contributed by atoms with Gasteiger partial charge in [0.2, 0.25) is 0 Å². The number of benzene rings is 2. The van der Waals surface area contributed by atoms with Crippen LogP contribution < -0.4 is 10.1 Å². The standard InChI is InChI=1S/C18H18N4O2/c1-3-24-17-10-13(2)4-9-16(17)21-18(23)14-5-7-15(8-6-14)22-12-19-11-20-22/h4-12H,3H2,1-2H3,(H,21,23). The second-order valence-corrected chi connectivity index (χ2v) is 5.27. The third-order valence-corrected chi connectivity index (χ3v) is 3.50. The van der Waals surface area contributed by atoms with E-state index in [1.165, 1.54) is 6.33 Å². The highest BCUT2D eigenvalue weighted by atomic mass is 16.5. The summed E-state index contributed by atoms with van der Waals surface area (Å²) in [6, 6.07) is 12.8.